The van der Waals surface area contributed by atoms with Gasteiger partial charge in [0.2, 0.25) is 9.98 Å². The van der Waals surface area contributed by atoms with Crippen LogP contribution in [0.3, 0.4) is 0 Å². The summed E-state index contributed by atoms with van der Waals surface area (Å²) in [6.07, 6.45) is 2.33. The van der Waals surface area contributed by atoms with Crippen LogP contribution in [0.5, 0.6) is 5.75 Å². The van der Waals surface area contributed by atoms with Crippen molar-refractivity contribution >= 4 is 42.6 Å². The van der Waals surface area contributed by atoms with Crippen LogP contribution in [0.2, 0.25) is 18.1 Å². The molecule has 1 aromatic rings. The number of benzene rings is 1. The van der Waals surface area contributed by atoms with Crippen molar-refractivity contribution in [2.75, 3.05) is 26.6 Å². The van der Waals surface area contributed by atoms with Crippen LogP contribution < -0.4 is 4.74 Å². The molecule has 1 aliphatic heterocycles. The van der Waals surface area contributed by atoms with Gasteiger partial charge in [-0.3, -0.25) is 0 Å². The Morgan fingerprint density at radius 2 is 2.03 bits per heavy atom. The summed E-state index contributed by atoms with van der Waals surface area (Å²) in [6, 6.07) is 5.79. The van der Waals surface area contributed by atoms with Crippen molar-refractivity contribution in [1.82, 2.24) is 0 Å². The van der Waals surface area contributed by atoms with Gasteiger partial charge in [-0.25, -0.2) is 4.79 Å². The Morgan fingerprint density at radius 3 is 2.55 bits per heavy atom. The minimum Gasteiger partial charge on any atom is -0.494 e. The second-order valence-electron chi connectivity index (χ2n) is 9.63. The molecule has 1 saturated heterocycles. The minimum atomic E-state index is -1.98. The van der Waals surface area contributed by atoms with Gasteiger partial charge in [0.15, 0.2) is 14.4 Å². The van der Waals surface area contributed by atoms with E-state index in [-0.39, 0.29) is 5.04 Å². The molecule has 1 aromatic carbocycles. The van der Waals surface area contributed by atoms with Crippen LogP contribution in [0.15, 0.2) is 18.2 Å². The molecule has 0 N–H and O–H groups in total. The van der Waals surface area contributed by atoms with Gasteiger partial charge < -0.3 is 23.4 Å². The third-order valence-electron chi connectivity index (χ3n) is 6.47. The van der Waals surface area contributed by atoms with E-state index in [1.807, 2.05) is 31.4 Å². The Kier molecular flexibility index (Phi) is 9.82. The van der Waals surface area contributed by atoms with E-state index in [4.69, 9.17) is 35.6 Å². The largest absolute Gasteiger partial charge is 0.494 e. The summed E-state index contributed by atoms with van der Waals surface area (Å²) in [5.74, 6) is 0.299. The van der Waals surface area contributed by atoms with Gasteiger partial charge in [-0.1, -0.05) is 38.6 Å². The normalized spacial score (nSPS) is 19.8. The zero-order valence-electron chi connectivity index (χ0n) is 21.1. The molecule has 0 bridgehead atoms. The van der Waals surface area contributed by atoms with E-state index in [1.54, 1.807) is 0 Å². The number of carbonyl (C=O) groups is 1. The molecule has 1 aliphatic rings. The molecular weight excluding hydrogens is 476 g/mol. The van der Waals surface area contributed by atoms with E-state index in [9.17, 15) is 4.79 Å². The number of carbonyl (C=O) groups excluding carboxylic acids is 1. The van der Waals surface area contributed by atoms with Crippen molar-refractivity contribution in [2.45, 2.75) is 77.0 Å². The molecule has 2 unspecified atom stereocenters. The Morgan fingerprint density at radius 1 is 1.33 bits per heavy atom. The van der Waals surface area contributed by atoms with Crippen LogP contribution in [0, 0.1) is 0 Å². The molecule has 1 fully saturated rings. The van der Waals surface area contributed by atoms with Gasteiger partial charge in [0.05, 0.1) is 20.3 Å². The fourth-order valence-corrected chi connectivity index (χ4v) is 4.77. The fourth-order valence-electron chi connectivity index (χ4n) is 3.53. The molecule has 0 aliphatic carbocycles. The molecule has 9 heteroatoms. The predicted octanol–water partition coefficient (Wildman–Crippen LogP) is 6.03. The average Bonchev–Trinajstić information content (AvgIpc) is 3.26. The topological polar surface area (TPSA) is 63.2 Å². The second-order valence-corrected chi connectivity index (χ2v) is 15.9. The summed E-state index contributed by atoms with van der Waals surface area (Å²) in [5, 5.41) is 0.0825. The van der Waals surface area contributed by atoms with Crippen molar-refractivity contribution in [1.29, 1.82) is 0 Å². The zero-order chi connectivity index (χ0) is 24.9. The quantitative estimate of drug-likeness (QED) is 0.225. The highest BCUT2D eigenvalue weighted by atomic mass is 32.2. The Balaban J connectivity index is 2.51. The molecule has 1 heterocycles. The predicted molar refractivity (Wildman–Crippen MR) is 139 cm³/mol. The summed E-state index contributed by atoms with van der Waals surface area (Å²) in [6.45, 7) is 14.4. The Labute approximate surface area is 209 Å². The molecular formula is C24H38O6S2Si. The van der Waals surface area contributed by atoms with Gasteiger partial charge in [-0.15, -0.1) is 0 Å². The molecule has 6 nitrogen and oxygen atoms in total. The smallest absolute Gasteiger partial charge is 0.342 e. The molecule has 0 spiro atoms. The first-order valence-electron chi connectivity index (χ1n) is 11.3. The van der Waals surface area contributed by atoms with Crippen molar-refractivity contribution in [3.05, 3.63) is 29.3 Å². The number of methoxy groups -OCH3 is 1. The first kappa shape index (κ1) is 28.1. The standard InChI is InChI=1S/C24H38O6S2Si/c1-9-27-19-12-11-17(15-18(19)16-29-33(7,8)23(2,3)4)20(30-22(31)32-6)24(21(25)26-5)13-10-14-28-24/h11-12,15,20H,9-10,13-14,16H2,1-8H3. The molecule has 2 atom stereocenters. The summed E-state index contributed by atoms with van der Waals surface area (Å²) < 4.78 is 30.0. The lowest BCUT2D eigenvalue weighted by atomic mass is 9.87. The molecule has 0 aromatic heterocycles. The third-order valence-corrected chi connectivity index (χ3v) is 12.0. The van der Waals surface area contributed by atoms with E-state index in [1.165, 1.54) is 18.9 Å². The lowest BCUT2D eigenvalue weighted by Crippen LogP contribution is -2.46. The first-order valence-corrected chi connectivity index (χ1v) is 15.8. The maximum atomic E-state index is 12.9. The maximum absolute atomic E-state index is 12.9. The van der Waals surface area contributed by atoms with E-state index in [0.29, 0.717) is 30.6 Å². The van der Waals surface area contributed by atoms with Crippen LogP contribution in [-0.2, 0) is 30.0 Å². The van der Waals surface area contributed by atoms with Crippen molar-refractivity contribution in [3.63, 3.8) is 0 Å². The van der Waals surface area contributed by atoms with Crippen molar-refractivity contribution in [2.24, 2.45) is 0 Å². The number of rotatable bonds is 9. The van der Waals surface area contributed by atoms with Crippen LogP contribution in [0.25, 0.3) is 0 Å². The van der Waals surface area contributed by atoms with Gasteiger partial charge in [0, 0.05) is 12.2 Å². The van der Waals surface area contributed by atoms with Gasteiger partial charge in [-0.05, 0) is 74.1 Å². The number of hydrogen-bond acceptors (Lipinski definition) is 8. The van der Waals surface area contributed by atoms with E-state index in [2.05, 4.69) is 33.9 Å². The van der Waals surface area contributed by atoms with Gasteiger partial charge in [0.25, 0.3) is 0 Å². The number of esters is 1. The summed E-state index contributed by atoms with van der Waals surface area (Å²) in [5.41, 5.74) is 0.427. The SMILES string of the molecule is CCOc1ccc(C(OC(=S)SC)C2(C(=O)OC)CCCO2)cc1CO[Si](C)(C)C(C)(C)C. The zero-order valence-corrected chi connectivity index (χ0v) is 23.7. The van der Waals surface area contributed by atoms with Crippen molar-refractivity contribution in [3.8, 4) is 5.75 Å². The molecule has 33 heavy (non-hydrogen) atoms. The highest BCUT2D eigenvalue weighted by molar-refractivity contribution is 8.22. The average molecular weight is 515 g/mol. The first-order chi connectivity index (χ1) is 15.4. The second kappa shape index (κ2) is 11.5. The van der Waals surface area contributed by atoms with Crippen LogP contribution in [0.1, 0.15) is 57.8 Å². The Bertz CT molecular complexity index is 831. The number of thioether (sulfide) groups is 1. The number of ether oxygens (including phenoxy) is 4. The summed E-state index contributed by atoms with van der Waals surface area (Å²) in [4.78, 5) is 12.9. The van der Waals surface area contributed by atoms with Gasteiger partial charge in [-0.2, -0.15) is 0 Å². The highest BCUT2D eigenvalue weighted by Crippen LogP contribution is 2.43. The van der Waals surface area contributed by atoms with Crippen LogP contribution >= 0.6 is 24.0 Å². The molecule has 0 saturated carbocycles. The third kappa shape index (κ3) is 6.51. The highest BCUT2D eigenvalue weighted by Gasteiger charge is 2.53. The lowest BCUT2D eigenvalue weighted by Gasteiger charge is -2.36. The lowest BCUT2D eigenvalue weighted by molar-refractivity contribution is -0.176. The summed E-state index contributed by atoms with van der Waals surface area (Å²) in [7, 11) is -0.616. The van der Waals surface area contributed by atoms with Crippen LogP contribution in [-0.4, -0.2) is 50.8 Å². The number of hydrogen-bond donors (Lipinski definition) is 0. The van der Waals surface area contributed by atoms with E-state index >= 15 is 0 Å². The maximum Gasteiger partial charge on any atom is 0.342 e. The van der Waals surface area contributed by atoms with Crippen LogP contribution in [0.4, 0.5) is 0 Å². The molecule has 2 rings (SSSR count). The number of thiocarbonyl (C=S) groups is 1. The minimum absolute atomic E-state index is 0.0825. The Hall–Kier alpha value is -1.13. The van der Waals surface area contributed by atoms with Gasteiger partial charge in [0.1, 0.15) is 5.75 Å². The fraction of sp³-hybridized carbons (Fsp3) is 0.667. The van der Waals surface area contributed by atoms with Gasteiger partial charge >= 0.3 is 5.97 Å². The molecule has 0 amide bonds. The van der Waals surface area contributed by atoms with E-state index < -0.39 is 26.0 Å². The summed E-state index contributed by atoms with van der Waals surface area (Å²) >= 11 is 6.68. The van der Waals surface area contributed by atoms with Crippen molar-refractivity contribution < 1.29 is 28.2 Å². The monoisotopic (exact) mass is 514 g/mol. The molecule has 0 radical (unpaired) electrons. The van der Waals surface area contributed by atoms with E-state index in [0.717, 1.165) is 23.3 Å². The molecule has 186 valence electrons.